The van der Waals surface area contributed by atoms with Crippen molar-refractivity contribution in [3.63, 3.8) is 0 Å². The molecule has 0 heterocycles. The van der Waals surface area contributed by atoms with Gasteiger partial charge in [0.15, 0.2) is 0 Å². The Morgan fingerprint density at radius 2 is 1.95 bits per heavy atom. The lowest BCUT2D eigenvalue weighted by atomic mass is 10.1. The summed E-state index contributed by atoms with van der Waals surface area (Å²) >= 11 is 0. The predicted octanol–water partition coefficient (Wildman–Crippen LogP) is 2.40. The summed E-state index contributed by atoms with van der Waals surface area (Å²) in [6.07, 6.45) is 0. The standard InChI is InChI=1S/C15H25NO3/c1-4-16-14(12-18-5-2)13-8-6-7-9-15(13)19-11-10-17-3/h6-9,14,16H,4-5,10-12H2,1-3H3. The molecule has 0 fully saturated rings. The molecule has 1 aromatic carbocycles. The van der Waals surface area contributed by atoms with Crippen LogP contribution in [0.1, 0.15) is 25.5 Å². The molecule has 1 atom stereocenters. The van der Waals surface area contributed by atoms with Crippen molar-refractivity contribution < 1.29 is 14.2 Å². The van der Waals surface area contributed by atoms with Gasteiger partial charge in [0.25, 0.3) is 0 Å². The first-order valence-electron chi connectivity index (χ1n) is 6.85. The molecule has 0 amide bonds. The molecule has 1 unspecified atom stereocenters. The fourth-order valence-electron chi connectivity index (χ4n) is 1.88. The first-order valence-corrected chi connectivity index (χ1v) is 6.85. The first-order chi connectivity index (χ1) is 9.33. The number of methoxy groups -OCH3 is 1. The van der Waals surface area contributed by atoms with Crippen molar-refractivity contribution in [2.24, 2.45) is 0 Å². The molecule has 1 aromatic rings. The zero-order valence-electron chi connectivity index (χ0n) is 12.1. The second-order valence-electron chi connectivity index (χ2n) is 4.15. The van der Waals surface area contributed by atoms with Crippen LogP contribution < -0.4 is 10.1 Å². The molecule has 19 heavy (non-hydrogen) atoms. The molecule has 0 aliphatic heterocycles. The van der Waals surface area contributed by atoms with Gasteiger partial charge in [-0.25, -0.2) is 0 Å². The summed E-state index contributed by atoms with van der Waals surface area (Å²) in [4.78, 5) is 0. The number of benzene rings is 1. The Morgan fingerprint density at radius 3 is 2.63 bits per heavy atom. The number of nitrogens with one attached hydrogen (secondary N) is 1. The minimum atomic E-state index is 0.156. The molecule has 4 heteroatoms. The minimum Gasteiger partial charge on any atom is -0.491 e. The van der Waals surface area contributed by atoms with Crippen molar-refractivity contribution in [2.75, 3.05) is 40.1 Å². The average molecular weight is 267 g/mol. The first kappa shape index (κ1) is 16.0. The van der Waals surface area contributed by atoms with E-state index in [4.69, 9.17) is 14.2 Å². The average Bonchev–Trinajstić information content (AvgIpc) is 2.44. The van der Waals surface area contributed by atoms with Crippen LogP contribution in [0.3, 0.4) is 0 Å². The maximum Gasteiger partial charge on any atom is 0.124 e. The molecular weight excluding hydrogens is 242 g/mol. The van der Waals surface area contributed by atoms with Gasteiger partial charge in [-0.3, -0.25) is 0 Å². The molecular formula is C15H25NO3. The van der Waals surface area contributed by atoms with Gasteiger partial charge in [0, 0.05) is 19.3 Å². The lowest BCUT2D eigenvalue weighted by molar-refractivity contribution is 0.120. The van der Waals surface area contributed by atoms with Gasteiger partial charge < -0.3 is 19.5 Å². The second kappa shape index (κ2) is 9.78. The minimum absolute atomic E-state index is 0.156. The third kappa shape index (κ3) is 5.59. The van der Waals surface area contributed by atoms with Crippen LogP contribution in [0.5, 0.6) is 5.75 Å². The van der Waals surface area contributed by atoms with Gasteiger partial charge in [0.2, 0.25) is 0 Å². The summed E-state index contributed by atoms with van der Waals surface area (Å²) < 4.78 is 16.3. The van der Waals surface area contributed by atoms with Gasteiger partial charge in [-0.05, 0) is 19.5 Å². The van der Waals surface area contributed by atoms with Crippen molar-refractivity contribution in [3.8, 4) is 5.75 Å². The van der Waals surface area contributed by atoms with E-state index >= 15 is 0 Å². The van der Waals surface area contributed by atoms with Crippen molar-refractivity contribution in [1.82, 2.24) is 5.32 Å². The smallest absolute Gasteiger partial charge is 0.124 e. The van der Waals surface area contributed by atoms with E-state index in [1.165, 1.54) is 0 Å². The zero-order chi connectivity index (χ0) is 13.9. The zero-order valence-corrected chi connectivity index (χ0v) is 12.1. The summed E-state index contributed by atoms with van der Waals surface area (Å²) in [7, 11) is 1.67. The van der Waals surface area contributed by atoms with Crippen molar-refractivity contribution in [1.29, 1.82) is 0 Å². The Balaban J connectivity index is 2.75. The quantitative estimate of drug-likeness (QED) is 0.661. The van der Waals surface area contributed by atoms with Crippen molar-refractivity contribution >= 4 is 0 Å². The van der Waals surface area contributed by atoms with Crippen molar-refractivity contribution in [2.45, 2.75) is 19.9 Å². The number of ether oxygens (including phenoxy) is 3. The van der Waals surface area contributed by atoms with E-state index in [1.807, 2.05) is 25.1 Å². The van der Waals surface area contributed by atoms with E-state index in [-0.39, 0.29) is 6.04 Å². The van der Waals surface area contributed by atoms with Crippen LogP contribution >= 0.6 is 0 Å². The van der Waals surface area contributed by atoms with Crippen LogP contribution in [0.2, 0.25) is 0 Å². The largest absolute Gasteiger partial charge is 0.491 e. The number of hydrogen-bond acceptors (Lipinski definition) is 4. The monoisotopic (exact) mass is 267 g/mol. The Bertz CT molecular complexity index is 344. The lowest BCUT2D eigenvalue weighted by Crippen LogP contribution is -2.26. The Labute approximate surface area is 116 Å². The van der Waals surface area contributed by atoms with E-state index < -0.39 is 0 Å². The molecule has 0 aliphatic rings. The molecule has 0 aliphatic carbocycles. The summed E-state index contributed by atoms with van der Waals surface area (Å²) in [5, 5.41) is 3.43. The van der Waals surface area contributed by atoms with E-state index in [0.717, 1.165) is 17.9 Å². The van der Waals surface area contributed by atoms with Gasteiger partial charge in [0.05, 0.1) is 19.3 Å². The van der Waals surface area contributed by atoms with Gasteiger partial charge in [0.1, 0.15) is 12.4 Å². The maximum atomic E-state index is 5.76. The fraction of sp³-hybridized carbons (Fsp3) is 0.600. The number of likely N-dealkylation sites (N-methyl/N-ethyl adjacent to an activating group) is 1. The summed E-state index contributed by atoms with van der Waals surface area (Å²) in [6, 6.07) is 8.23. The van der Waals surface area contributed by atoms with Crippen LogP contribution in [-0.2, 0) is 9.47 Å². The second-order valence-corrected chi connectivity index (χ2v) is 4.15. The lowest BCUT2D eigenvalue weighted by Gasteiger charge is -2.21. The van der Waals surface area contributed by atoms with Gasteiger partial charge >= 0.3 is 0 Å². The topological polar surface area (TPSA) is 39.7 Å². The van der Waals surface area contributed by atoms with Crippen LogP contribution in [-0.4, -0.2) is 40.1 Å². The molecule has 4 nitrogen and oxygen atoms in total. The molecule has 0 spiro atoms. The van der Waals surface area contributed by atoms with Crippen LogP contribution in [0.4, 0.5) is 0 Å². The Morgan fingerprint density at radius 1 is 1.16 bits per heavy atom. The van der Waals surface area contributed by atoms with E-state index in [1.54, 1.807) is 7.11 Å². The van der Waals surface area contributed by atoms with Crippen LogP contribution in [0.25, 0.3) is 0 Å². The van der Waals surface area contributed by atoms with E-state index in [2.05, 4.69) is 18.3 Å². The Kier molecular flexibility index (Phi) is 8.21. The van der Waals surface area contributed by atoms with E-state index in [0.29, 0.717) is 26.4 Å². The van der Waals surface area contributed by atoms with Crippen LogP contribution in [0.15, 0.2) is 24.3 Å². The summed E-state index contributed by atoms with van der Waals surface area (Å²) in [5.41, 5.74) is 1.13. The SMILES string of the molecule is CCNC(COCC)c1ccccc1OCCOC. The summed E-state index contributed by atoms with van der Waals surface area (Å²) in [6.45, 7) is 7.50. The van der Waals surface area contributed by atoms with E-state index in [9.17, 15) is 0 Å². The molecule has 0 bridgehead atoms. The highest BCUT2D eigenvalue weighted by Crippen LogP contribution is 2.25. The molecule has 0 saturated carbocycles. The summed E-state index contributed by atoms with van der Waals surface area (Å²) in [5.74, 6) is 0.894. The predicted molar refractivity (Wildman–Crippen MR) is 76.7 cm³/mol. The maximum absolute atomic E-state index is 5.76. The van der Waals surface area contributed by atoms with Gasteiger partial charge in [-0.1, -0.05) is 25.1 Å². The van der Waals surface area contributed by atoms with Crippen molar-refractivity contribution in [3.05, 3.63) is 29.8 Å². The third-order valence-electron chi connectivity index (χ3n) is 2.78. The number of rotatable bonds is 10. The Hall–Kier alpha value is -1.10. The molecule has 1 rings (SSSR count). The molecule has 0 aromatic heterocycles. The highest BCUT2D eigenvalue weighted by atomic mass is 16.5. The number of hydrogen-bond donors (Lipinski definition) is 1. The third-order valence-corrected chi connectivity index (χ3v) is 2.78. The molecule has 0 saturated heterocycles. The normalized spacial score (nSPS) is 12.4. The number of para-hydroxylation sites is 1. The van der Waals surface area contributed by atoms with Gasteiger partial charge in [-0.15, -0.1) is 0 Å². The highest BCUT2D eigenvalue weighted by Gasteiger charge is 2.15. The fourth-order valence-corrected chi connectivity index (χ4v) is 1.88. The van der Waals surface area contributed by atoms with Gasteiger partial charge in [-0.2, -0.15) is 0 Å². The highest BCUT2D eigenvalue weighted by molar-refractivity contribution is 5.36. The molecule has 108 valence electrons. The molecule has 0 radical (unpaired) electrons. The molecule has 1 N–H and O–H groups in total. The van der Waals surface area contributed by atoms with Crippen LogP contribution in [0, 0.1) is 0 Å².